The first kappa shape index (κ1) is 11.6. The Morgan fingerprint density at radius 1 is 1.43 bits per heavy atom. The van der Waals surface area contributed by atoms with Gasteiger partial charge in [-0.3, -0.25) is 4.98 Å². The van der Waals surface area contributed by atoms with Gasteiger partial charge in [0.1, 0.15) is 0 Å². The summed E-state index contributed by atoms with van der Waals surface area (Å²) in [5.41, 5.74) is 1.87. The molecule has 0 aliphatic carbocycles. The zero-order valence-corrected chi connectivity index (χ0v) is 9.46. The lowest BCUT2D eigenvalue weighted by Gasteiger charge is -2.14. The first-order valence-corrected chi connectivity index (χ1v) is 5.87. The number of aromatic nitrogens is 1. The summed E-state index contributed by atoms with van der Waals surface area (Å²) >= 11 is 1.70. The molecule has 0 saturated heterocycles. The molecule has 0 atom stereocenters. The molecule has 0 saturated carbocycles. The van der Waals surface area contributed by atoms with Gasteiger partial charge in [0.25, 0.3) is 0 Å². The van der Waals surface area contributed by atoms with Crippen LogP contribution in [-0.2, 0) is 6.54 Å². The van der Waals surface area contributed by atoms with Crippen molar-refractivity contribution >= 4 is 11.3 Å². The Bertz CT molecular complexity index is 226. The topological polar surface area (TPSA) is 36.4 Å². The second-order valence-corrected chi connectivity index (χ2v) is 4.46. The highest BCUT2D eigenvalue weighted by Gasteiger charge is 2.00. The van der Waals surface area contributed by atoms with E-state index in [4.69, 9.17) is 5.11 Å². The molecule has 0 aromatic carbocycles. The molecule has 0 spiro atoms. The second-order valence-electron chi connectivity index (χ2n) is 3.49. The Morgan fingerprint density at radius 2 is 2.29 bits per heavy atom. The molecule has 0 aliphatic heterocycles. The van der Waals surface area contributed by atoms with Crippen LogP contribution in [0.3, 0.4) is 0 Å². The number of nitrogens with zero attached hydrogens (tertiary/aromatic N) is 2. The largest absolute Gasteiger partial charge is 0.396 e. The molecular weight excluding hydrogens is 196 g/mol. The minimum atomic E-state index is 0.318. The SMILES string of the molecule is CN(CCCCCO)Cc1cncs1. The second kappa shape index (κ2) is 6.92. The molecule has 0 bridgehead atoms. The normalized spacial score (nSPS) is 11.1. The monoisotopic (exact) mass is 214 g/mol. The fraction of sp³-hybridized carbons (Fsp3) is 0.700. The van der Waals surface area contributed by atoms with E-state index in [9.17, 15) is 0 Å². The van der Waals surface area contributed by atoms with Crippen LogP contribution < -0.4 is 0 Å². The molecule has 80 valence electrons. The van der Waals surface area contributed by atoms with E-state index in [-0.39, 0.29) is 0 Å². The van der Waals surface area contributed by atoms with Crippen molar-refractivity contribution in [2.24, 2.45) is 0 Å². The molecule has 1 N–H and O–H groups in total. The first-order chi connectivity index (χ1) is 6.83. The van der Waals surface area contributed by atoms with Crippen molar-refractivity contribution in [3.8, 4) is 0 Å². The summed E-state index contributed by atoms with van der Waals surface area (Å²) in [5, 5.41) is 8.62. The van der Waals surface area contributed by atoms with Crippen LogP contribution in [0.2, 0.25) is 0 Å². The summed E-state index contributed by atoms with van der Waals surface area (Å²) in [4.78, 5) is 7.65. The summed E-state index contributed by atoms with van der Waals surface area (Å²) in [6.07, 6.45) is 5.13. The zero-order valence-electron chi connectivity index (χ0n) is 8.65. The van der Waals surface area contributed by atoms with Crippen molar-refractivity contribution in [3.05, 3.63) is 16.6 Å². The van der Waals surface area contributed by atoms with Crippen LogP contribution in [0.25, 0.3) is 0 Å². The molecule has 0 radical (unpaired) electrons. The summed E-state index contributed by atoms with van der Waals surface area (Å²) in [6, 6.07) is 0. The van der Waals surface area contributed by atoms with Gasteiger partial charge in [-0.05, 0) is 32.9 Å². The molecule has 14 heavy (non-hydrogen) atoms. The maximum Gasteiger partial charge on any atom is 0.0794 e. The number of aliphatic hydroxyl groups is 1. The molecule has 0 unspecified atom stereocenters. The third kappa shape index (κ3) is 4.69. The third-order valence-electron chi connectivity index (χ3n) is 2.11. The van der Waals surface area contributed by atoms with Gasteiger partial charge in [0, 0.05) is 24.2 Å². The van der Waals surface area contributed by atoms with Crippen LogP contribution in [0.15, 0.2) is 11.7 Å². The van der Waals surface area contributed by atoms with E-state index in [1.165, 1.54) is 4.88 Å². The van der Waals surface area contributed by atoms with Crippen LogP contribution in [0.1, 0.15) is 24.1 Å². The van der Waals surface area contributed by atoms with Gasteiger partial charge in [-0.1, -0.05) is 0 Å². The number of aliphatic hydroxyl groups excluding tert-OH is 1. The van der Waals surface area contributed by atoms with Gasteiger partial charge in [0.2, 0.25) is 0 Å². The molecular formula is C10H18N2OS. The standard InChI is InChI=1S/C10H18N2OS/c1-12(5-3-2-4-6-13)8-10-7-11-9-14-10/h7,9,13H,2-6,8H2,1H3. The van der Waals surface area contributed by atoms with Crippen molar-refractivity contribution in [1.29, 1.82) is 0 Å². The summed E-state index contributed by atoms with van der Waals surface area (Å²) < 4.78 is 0. The predicted octanol–water partition coefficient (Wildman–Crippen LogP) is 1.74. The minimum absolute atomic E-state index is 0.318. The minimum Gasteiger partial charge on any atom is -0.396 e. The van der Waals surface area contributed by atoms with E-state index in [0.717, 1.165) is 32.4 Å². The van der Waals surface area contributed by atoms with E-state index >= 15 is 0 Å². The lowest BCUT2D eigenvalue weighted by Crippen LogP contribution is -2.18. The molecule has 1 aromatic heterocycles. The maximum atomic E-state index is 8.62. The van der Waals surface area contributed by atoms with Gasteiger partial charge in [0.15, 0.2) is 0 Å². The third-order valence-corrected chi connectivity index (χ3v) is 2.87. The smallest absolute Gasteiger partial charge is 0.0794 e. The molecule has 0 fully saturated rings. The highest BCUT2D eigenvalue weighted by Crippen LogP contribution is 2.08. The quantitative estimate of drug-likeness (QED) is 0.702. The Labute approximate surface area is 89.4 Å². The summed E-state index contributed by atoms with van der Waals surface area (Å²) in [7, 11) is 2.12. The van der Waals surface area contributed by atoms with Crippen LogP contribution in [0.4, 0.5) is 0 Å². The molecule has 0 amide bonds. The average molecular weight is 214 g/mol. The van der Waals surface area contributed by atoms with E-state index in [0.29, 0.717) is 6.61 Å². The van der Waals surface area contributed by atoms with Crippen LogP contribution in [-0.4, -0.2) is 35.2 Å². The van der Waals surface area contributed by atoms with Crippen LogP contribution in [0.5, 0.6) is 0 Å². The molecule has 1 aromatic rings. The van der Waals surface area contributed by atoms with Gasteiger partial charge in [-0.2, -0.15) is 0 Å². The number of hydrogen-bond donors (Lipinski definition) is 1. The zero-order chi connectivity index (χ0) is 10.2. The van der Waals surface area contributed by atoms with Crippen molar-refractivity contribution in [1.82, 2.24) is 9.88 Å². The maximum absolute atomic E-state index is 8.62. The Hall–Kier alpha value is -0.450. The number of hydrogen-bond acceptors (Lipinski definition) is 4. The molecule has 3 nitrogen and oxygen atoms in total. The van der Waals surface area contributed by atoms with Gasteiger partial charge in [0.05, 0.1) is 5.51 Å². The van der Waals surface area contributed by atoms with E-state index in [1.54, 1.807) is 11.3 Å². The summed E-state index contributed by atoms with van der Waals surface area (Å²) in [6.45, 7) is 2.40. The summed E-state index contributed by atoms with van der Waals surface area (Å²) in [5.74, 6) is 0. The van der Waals surface area contributed by atoms with Crippen molar-refractivity contribution < 1.29 is 5.11 Å². The lowest BCUT2D eigenvalue weighted by atomic mass is 10.2. The van der Waals surface area contributed by atoms with Gasteiger partial charge in [-0.25, -0.2) is 0 Å². The lowest BCUT2D eigenvalue weighted by molar-refractivity contribution is 0.271. The fourth-order valence-electron chi connectivity index (χ4n) is 1.34. The number of rotatable bonds is 7. The average Bonchev–Trinajstić information content (AvgIpc) is 2.65. The van der Waals surface area contributed by atoms with Crippen molar-refractivity contribution in [2.45, 2.75) is 25.8 Å². The van der Waals surface area contributed by atoms with E-state index < -0.39 is 0 Å². The highest BCUT2D eigenvalue weighted by molar-refractivity contribution is 7.09. The van der Waals surface area contributed by atoms with E-state index in [2.05, 4.69) is 16.9 Å². The molecule has 0 aliphatic rings. The highest BCUT2D eigenvalue weighted by atomic mass is 32.1. The first-order valence-electron chi connectivity index (χ1n) is 4.99. The van der Waals surface area contributed by atoms with Crippen molar-refractivity contribution in [2.75, 3.05) is 20.2 Å². The van der Waals surface area contributed by atoms with Crippen LogP contribution in [0, 0.1) is 0 Å². The van der Waals surface area contributed by atoms with Crippen molar-refractivity contribution in [3.63, 3.8) is 0 Å². The van der Waals surface area contributed by atoms with Gasteiger partial charge in [-0.15, -0.1) is 11.3 Å². The van der Waals surface area contributed by atoms with Gasteiger partial charge >= 0.3 is 0 Å². The molecule has 4 heteroatoms. The van der Waals surface area contributed by atoms with Crippen LogP contribution >= 0.6 is 11.3 Å². The van der Waals surface area contributed by atoms with Gasteiger partial charge < -0.3 is 10.0 Å². The molecule has 1 rings (SSSR count). The Balaban J connectivity index is 2.07. The molecule has 1 heterocycles. The number of thiazole rings is 1. The fourth-order valence-corrected chi connectivity index (χ4v) is 2.01. The Morgan fingerprint density at radius 3 is 2.93 bits per heavy atom. The Kier molecular flexibility index (Phi) is 5.75. The predicted molar refractivity (Wildman–Crippen MR) is 59.4 cm³/mol. The van der Waals surface area contributed by atoms with E-state index in [1.807, 2.05) is 11.7 Å². The number of unbranched alkanes of at least 4 members (excludes halogenated alkanes) is 2.